The third kappa shape index (κ3) is 3.61. The molecule has 0 spiro atoms. The highest BCUT2D eigenvalue weighted by Gasteiger charge is 2.06. The molecule has 0 aliphatic heterocycles. The predicted molar refractivity (Wildman–Crippen MR) is 56.1 cm³/mol. The van der Waals surface area contributed by atoms with Crippen molar-refractivity contribution in [3.8, 4) is 17.6 Å². The molecule has 0 unspecified atom stereocenters. The minimum absolute atomic E-state index is 0.184. The largest absolute Gasteiger partial charge is 0.494 e. The van der Waals surface area contributed by atoms with Crippen molar-refractivity contribution in [3.63, 3.8) is 0 Å². The second kappa shape index (κ2) is 4.33. The smallest absolute Gasteiger partial charge is 0.166 e. The van der Waals surface area contributed by atoms with E-state index in [0.717, 1.165) is 0 Å². The minimum atomic E-state index is -1.07. The molecule has 0 heterocycles. The molecular formula is C12H13FO2. The first-order valence-corrected chi connectivity index (χ1v) is 4.51. The number of rotatable bonds is 1. The lowest BCUT2D eigenvalue weighted by Gasteiger charge is -2.06. The highest BCUT2D eigenvalue weighted by molar-refractivity contribution is 5.40. The molecule has 0 saturated carbocycles. The van der Waals surface area contributed by atoms with Crippen molar-refractivity contribution in [2.75, 3.05) is 7.11 Å². The Balaban J connectivity index is 2.97. The summed E-state index contributed by atoms with van der Waals surface area (Å²) >= 11 is 0. The van der Waals surface area contributed by atoms with Gasteiger partial charge in [0.2, 0.25) is 0 Å². The lowest BCUT2D eigenvalue weighted by molar-refractivity contribution is 0.143. The van der Waals surface area contributed by atoms with Crippen LogP contribution in [-0.4, -0.2) is 17.8 Å². The SMILES string of the molecule is COc1ccc(C#CC(C)(C)O)cc1F. The summed E-state index contributed by atoms with van der Waals surface area (Å²) in [5.74, 6) is 5.01. The Hall–Kier alpha value is -1.53. The van der Waals surface area contributed by atoms with Crippen LogP contribution in [-0.2, 0) is 0 Å². The molecule has 0 radical (unpaired) electrons. The first-order chi connectivity index (χ1) is 6.92. The second-order valence-electron chi connectivity index (χ2n) is 3.66. The van der Waals surface area contributed by atoms with E-state index in [0.29, 0.717) is 5.56 Å². The summed E-state index contributed by atoms with van der Waals surface area (Å²) in [6.07, 6.45) is 0. The summed E-state index contributed by atoms with van der Waals surface area (Å²) in [5, 5.41) is 9.36. The number of methoxy groups -OCH3 is 1. The fourth-order valence-corrected chi connectivity index (χ4v) is 0.969. The Morgan fingerprint density at radius 3 is 2.53 bits per heavy atom. The van der Waals surface area contributed by atoms with Crippen molar-refractivity contribution in [2.24, 2.45) is 0 Å². The van der Waals surface area contributed by atoms with E-state index >= 15 is 0 Å². The molecule has 0 amide bonds. The van der Waals surface area contributed by atoms with Crippen LogP contribution in [0.1, 0.15) is 19.4 Å². The van der Waals surface area contributed by atoms with Crippen molar-refractivity contribution in [2.45, 2.75) is 19.4 Å². The molecule has 1 aromatic carbocycles. The van der Waals surface area contributed by atoms with E-state index < -0.39 is 11.4 Å². The number of hydrogen-bond donors (Lipinski definition) is 1. The first kappa shape index (κ1) is 11.5. The van der Waals surface area contributed by atoms with Gasteiger partial charge in [0.25, 0.3) is 0 Å². The van der Waals surface area contributed by atoms with Crippen LogP contribution in [0.5, 0.6) is 5.75 Å². The van der Waals surface area contributed by atoms with Crippen LogP contribution >= 0.6 is 0 Å². The Morgan fingerprint density at radius 2 is 2.07 bits per heavy atom. The van der Waals surface area contributed by atoms with Crippen molar-refractivity contribution < 1.29 is 14.2 Å². The monoisotopic (exact) mass is 208 g/mol. The average Bonchev–Trinajstić information content (AvgIpc) is 2.14. The van der Waals surface area contributed by atoms with Crippen LogP contribution in [0.4, 0.5) is 4.39 Å². The molecule has 80 valence electrons. The van der Waals surface area contributed by atoms with Crippen LogP contribution in [0.25, 0.3) is 0 Å². The van der Waals surface area contributed by atoms with Gasteiger partial charge in [-0.2, -0.15) is 0 Å². The van der Waals surface area contributed by atoms with E-state index in [2.05, 4.69) is 11.8 Å². The third-order valence-corrected chi connectivity index (χ3v) is 1.66. The van der Waals surface area contributed by atoms with E-state index in [1.165, 1.54) is 19.2 Å². The van der Waals surface area contributed by atoms with Gasteiger partial charge in [0.05, 0.1) is 7.11 Å². The van der Waals surface area contributed by atoms with Crippen LogP contribution in [0.15, 0.2) is 18.2 Å². The Kier molecular flexibility index (Phi) is 3.33. The maximum absolute atomic E-state index is 13.2. The van der Waals surface area contributed by atoms with Gasteiger partial charge >= 0.3 is 0 Å². The zero-order valence-electron chi connectivity index (χ0n) is 8.97. The molecule has 1 aromatic rings. The second-order valence-corrected chi connectivity index (χ2v) is 3.66. The Morgan fingerprint density at radius 1 is 1.40 bits per heavy atom. The van der Waals surface area contributed by atoms with E-state index in [9.17, 15) is 9.50 Å². The maximum Gasteiger partial charge on any atom is 0.166 e. The third-order valence-electron chi connectivity index (χ3n) is 1.66. The Bertz CT molecular complexity index is 408. The van der Waals surface area contributed by atoms with E-state index in [-0.39, 0.29) is 5.75 Å². The lowest BCUT2D eigenvalue weighted by Crippen LogP contribution is -2.14. The predicted octanol–water partition coefficient (Wildman–Crippen LogP) is 1.96. The number of hydrogen-bond acceptors (Lipinski definition) is 2. The molecule has 0 atom stereocenters. The summed E-state index contributed by atoms with van der Waals surface area (Å²) in [4.78, 5) is 0. The molecule has 0 fully saturated rings. The lowest BCUT2D eigenvalue weighted by atomic mass is 10.1. The highest BCUT2D eigenvalue weighted by Crippen LogP contribution is 2.17. The molecule has 2 nitrogen and oxygen atoms in total. The summed E-state index contributed by atoms with van der Waals surface area (Å²) < 4.78 is 18.0. The van der Waals surface area contributed by atoms with Crippen LogP contribution < -0.4 is 4.74 Å². The normalized spacial score (nSPS) is 10.5. The molecule has 1 rings (SSSR count). The van der Waals surface area contributed by atoms with Gasteiger partial charge in [-0.1, -0.05) is 11.8 Å². The minimum Gasteiger partial charge on any atom is -0.494 e. The first-order valence-electron chi connectivity index (χ1n) is 4.51. The van der Waals surface area contributed by atoms with Gasteiger partial charge in [0, 0.05) is 5.56 Å². The topological polar surface area (TPSA) is 29.5 Å². The summed E-state index contributed by atoms with van der Waals surface area (Å²) in [6, 6.07) is 4.42. The number of aliphatic hydroxyl groups is 1. The van der Waals surface area contributed by atoms with Gasteiger partial charge in [-0.3, -0.25) is 0 Å². The quantitative estimate of drug-likeness (QED) is 0.715. The summed E-state index contributed by atoms with van der Waals surface area (Å²) in [7, 11) is 1.40. The average molecular weight is 208 g/mol. The van der Waals surface area contributed by atoms with Gasteiger partial charge in [-0.15, -0.1) is 0 Å². The maximum atomic E-state index is 13.2. The van der Waals surface area contributed by atoms with Crippen molar-refractivity contribution in [1.29, 1.82) is 0 Å². The van der Waals surface area contributed by atoms with Crippen LogP contribution in [0, 0.1) is 17.7 Å². The van der Waals surface area contributed by atoms with Gasteiger partial charge in [-0.25, -0.2) is 4.39 Å². The zero-order chi connectivity index (χ0) is 11.5. The molecule has 0 aliphatic carbocycles. The molecule has 0 aliphatic rings. The molecule has 15 heavy (non-hydrogen) atoms. The van der Waals surface area contributed by atoms with Crippen LogP contribution in [0.2, 0.25) is 0 Å². The van der Waals surface area contributed by atoms with E-state index in [4.69, 9.17) is 4.74 Å². The van der Waals surface area contributed by atoms with Gasteiger partial charge in [0.15, 0.2) is 11.6 Å². The van der Waals surface area contributed by atoms with Crippen LogP contribution in [0.3, 0.4) is 0 Å². The van der Waals surface area contributed by atoms with E-state index in [1.807, 2.05) is 0 Å². The molecule has 0 aromatic heterocycles. The standard InChI is InChI=1S/C12H13FO2/c1-12(2,14)7-6-9-4-5-11(15-3)10(13)8-9/h4-5,8,14H,1-3H3. The molecule has 1 N–H and O–H groups in total. The Labute approximate surface area is 88.7 Å². The summed E-state index contributed by atoms with van der Waals surface area (Å²) in [6.45, 7) is 3.14. The number of halogens is 1. The van der Waals surface area contributed by atoms with Crippen molar-refractivity contribution in [3.05, 3.63) is 29.6 Å². The van der Waals surface area contributed by atoms with E-state index in [1.54, 1.807) is 19.9 Å². The van der Waals surface area contributed by atoms with Gasteiger partial charge in [0.1, 0.15) is 5.60 Å². The highest BCUT2D eigenvalue weighted by atomic mass is 19.1. The van der Waals surface area contributed by atoms with Gasteiger partial charge in [-0.05, 0) is 32.0 Å². The van der Waals surface area contributed by atoms with Gasteiger partial charge < -0.3 is 9.84 Å². The van der Waals surface area contributed by atoms with Crippen molar-refractivity contribution >= 4 is 0 Å². The molecule has 0 bridgehead atoms. The number of benzene rings is 1. The molecule has 3 heteroatoms. The fraction of sp³-hybridized carbons (Fsp3) is 0.333. The summed E-state index contributed by atoms with van der Waals surface area (Å²) in [5.41, 5.74) is -0.563. The number of ether oxygens (including phenoxy) is 1. The molecule has 0 saturated heterocycles. The fourth-order valence-electron chi connectivity index (χ4n) is 0.969. The van der Waals surface area contributed by atoms with Crippen molar-refractivity contribution in [1.82, 2.24) is 0 Å². The zero-order valence-corrected chi connectivity index (χ0v) is 8.97. The molecular weight excluding hydrogens is 195 g/mol.